The largest absolute Gasteiger partial charge is 0.383 e. The van der Waals surface area contributed by atoms with Gasteiger partial charge in [0.25, 0.3) is 0 Å². The molecule has 1 aromatic carbocycles. The highest BCUT2D eigenvalue weighted by Crippen LogP contribution is 2.34. The number of benzene rings is 1. The van der Waals surface area contributed by atoms with Crippen LogP contribution < -0.4 is 11.1 Å². The molecule has 1 aromatic heterocycles. The standard InChI is InChI=1S/C12H8Cl2N6/c13-8-2-1-6(3-9(8)14)10-7(4-15)11(16)20-12(19-10)17-5-18-20/h1-3,5,10H,16H2,(H,17,18,19)/t10-/m1/s1. The zero-order valence-corrected chi connectivity index (χ0v) is 11.5. The van der Waals surface area contributed by atoms with Gasteiger partial charge in [-0.25, -0.2) is 0 Å². The van der Waals surface area contributed by atoms with Crippen LogP contribution in [0.1, 0.15) is 11.6 Å². The fourth-order valence-electron chi connectivity index (χ4n) is 2.04. The molecule has 2 aromatic rings. The summed E-state index contributed by atoms with van der Waals surface area (Å²) in [5.41, 5.74) is 7.08. The molecule has 0 amide bonds. The first-order valence-electron chi connectivity index (χ1n) is 5.63. The second-order valence-corrected chi connectivity index (χ2v) is 4.97. The normalized spacial score (nSPS) is 17.4. The van der Waals surface area contributed by atoms with Crippen LogP contribution in [0.2, 0.25) is 10.0 Å². The molecule has 0 saturated carbocycles. The van der Waals surface area contributed by atoms with E-state index in [1.807, 2.05) is 0 Å². The smallest absolute Gasteiger partial charge is 0.228 e. The Morgan fingerprint density at radius 2 is 2.15 bits per heavy atom. The number of nitriles is 1. The van der Waals surface area contributed by atoms with Crippen molar-refractivity contribution in [2.45, 2.75) is 6.04 Å². The van der Waals surface area contributed by atoms with E-state index in [4.69, 9.17) is 28.9 Å². The van der Waals surface area contributed by atoms with Gasteiger partial charge in [0, 0.05) is 0 Å². The molecular formula is C12H8Cl2N6. The third-order valence-corrected chi connectivity index (χ3v) is 3.75. The Hall–Kier alpha value is -2.23. The maximum absolute atomic E-state index is 9.33. The van der Waals surface area contributed by atoms with Gasteiger partial charge in [-0.05, 0) is 17.7 Å². The maximum atomic E-state index is 9.33. The Bertz CT molecular complexity index is 758. The summed E-state index contributed by atoms with van der Waals surface area (Å²) in [5, 5.41) is 17.2. The van der Waals surface area contributed by atoms with Crippen molar-refractivity contribution in [1.29, 1.82) is 5.26 Å². The van der Waals surface area contributed by atoms with Gasteiger partial charge < -0.3 is 11.1 Å². The lowest BCUT2D eigenvalue weighted by molar-refractivity contribution is 0.794. The Kier molecular flexibility index (Phi) is 3.01. The first kappa shape index (κ1) is 12.8. The van der Waals surface area contributed by atoms with Crippen LogP contribution in [0.5, 0.6) is 0 Å². The van der Waals surface area contributed by atoms with E-state index >= 15 is 0 Å². The summed E-state index contributed by atoms with van der Waals surface area (Å²) in [6.07, 6.45) is 1.36. The number of nitrogens with two attached hydrogens (primary N) is 1. The number of nitrogens with one attached hydrogen (secondary N) is 1. The van der Waals surface area contributed by atoms with Crippen LogP contribution >= 0.6 is 23.2 Å². The number of nitrogens with zero attached hydrogens (tertiary/aromatic N) is 4. The maximum Gasteiger partial charge on any atom is 0.228 e. The minimum Gasteiger partial charge on any atom is -0.383 e. The molecule has 3 N–H and O–H groups in total. The quantitative estimate of drug-likeness (QED) is 0.844. The minimum absolute atomic E-state index is 0.245. The highest BCUT2D eigenvalue weighted by molar-refractivity contribution is 6.42. The SMILES string of the molecule is N#CC1=C(N)n2ncnc2N[C@@H]1c1ccc(Cl)c(Cl)c1. The molecule has 100 valence electrons. The van der Waals surface area contributed by atoms with Gasteiger partial charge in [0.1, 0.15) is 18.2 Å². The molecule has 1 aliphatic heterocycles. The van der Waals surface area contributed by atoms with Crippen LogP contribution in [-0.4, -0.2) is 14.8 Å². The van der Waals surface area contributed by atoms with Crippen LogP contribution in [-0.2, 0) is 0 Å². The van der Waals surface area contributed by atoms with Crippen molar-refractivity contribution >= 4 is 35.0 Å². The summed E-state index contributed by atoms with van der Waals surface area (Å²) in [7, 11) is 0. The van der Waals surface area contributed by atoms with Crippen molar-refractivity contribution in [2.75, 3.05) is 5.32 Å². The van der Waals surface area contributed by atoms with E-state index in [1.165, 1.54) is 11.0 Å². The summed E-state index contributed by atoms with van der Waals surface area (Å²) in [5.74, 6) is 0.715. The van der Waals surface area contributed by atoms with Gasteiger partial charge >= 0.3 is 0 Å². The van der Waals surface area contributed by atoms with Crippen LogP contribution in [0.3, 0.4) is 0 Å². The van der Waals surface area contributed by atoms with E-state index in [2.05, 4.69) is 21.5 Å². The zero-order valence-electron chi connectivity index (χ0n) is 10.0. The summed E-state index contributed by atoms with van der Waals surface area (Å²) >= 11 is 11.9. The summed E-state index contributed by atoms with van der Waals surface area (Å²) in [4.78, 5) is 4.05. The molecule has 8 heteroatoms. The number of hydrogen-bond acceptors (Lipinski definition) is 5. The second kappa shape index (κ2) is 4.71. The van der Waals surface area contributed by atoms with Crippen molar-refractivity contribution in [2.24, 2.45) is 5.73 Å². The lowest BCUT2D eigenvalue weighted by Crippen LogP contribution is -2.27. The highest BCUT2D eigenvalue weighted by atomic mass is 35.5. The average molecular weight is 307 g/mol. The van der Waals surface area contributed by atoms with Gasteiger partial charge in [-0.1, -0.05) is 29.3 Å². The highest BCUT2D eigenvalue weighted by Gasteiger charge is 2.28. The van der Waals surface area contributed by atoms with Crippen LogP contribution in [0.15, 0.2) is 30.1 Å². The first-order valence-corrected chi connectivity index (χ1v) is 6.39. The van der Waals surface area contributed by atoms with Crippen molar-refractivity contribution in [3.63, 3.8) is 0 Å². The number of halogens is 2. The Morgan fingerprint density at radius 3 is 2.85 bits per heavy atom. The lowest BCUT2D eigenvalue weighted by Gasteiger charge is -2.25. The molecule has 0 radical (unpaired) electrons. The number of hydrogen-bond donors (Lipinski definition) is 2. The van der Waals surface area contributed by atoms with E-state index in [0.717, 1.165) is 5.56 Å². The van der Waals surface area contributed by atoms with Crippen LogP contribution in [0.25, 0.3) is 5.82 Å². The molecular weight excluding hydrogens is 299 g/mol. The van der Waals surface area contributed by atoms with Gasteiger partial charge in [0.15, 0.2) is 0 Å². The average Bonchev–Trinajstić information content (AvgIpc) is 2.90. The third-order valence-electron chi connectivity index (χ3n) is 3.01. The van der Waals surface area contributed by atoms with E-state index in [-0.39, 0.29) is 5.82 Å². The fraction of sp³-hybridized carbons (Fsp3) is 0.0833. The van der Waals surface area contributed by atoms with Gasteiger partial charge in [-0.15, -0.1) is 0 Å². The van der Waals surface area contributed by atoms with Crippen molar-refractivity contribution in [3.05, 3.63) is 45.7 Å². The van der Waals surface area contributed by atoms with E-state index in [0.29, 0.717) is 21.6 Å². The Morgan fingerprint density at radius 1 is 1.35 bits per heavy atom. The molecule has 0 unspecified atom stereocenters. The molecule has 0 bridgehead atoms. The molecule has 6 nitrogen and oxygen atoms in total. The molecule has 20 heavy (non-hydrogen) atoms. The van der Waals surface area contributed by atoms with Crippen LogP contribution in [0.4, 0.5) is 5.95 Å². The number of fused-ring (bicyclic) bond motifs is 1. The topological polar surface area (TPSA) is 92.5 Å². The third kappa shape index (κ3) is 1.88. The van der Waals surface area contributed by atoms with Crippen LogP contribution in [0, 0.1) is 11.3 Å². The number of aromatic nitrogens is 3. The summed E-state index contributed by atoms with van der Waals surface area (Å²) in [6.45, 7) is 0. The van der Waals surface area contributed by atoms with E-state index in [9.17, 15) is 5.26 Å². The van der Waals surface area contributed by atoms with Gasteiger partial charge in [0.2, 0.25) is 5.95 Å². The van der Waals surface area contributed by atoms with Crippen molar-refractivity contribution < 1.29 is 0 Å². The number of anilines is 1. The fourth-order valence-corrected chi connectivity index (χ4v) is 2.35. The molecule has 0 spiro atoms. The second-order valence-electron chi connectivity index (χ2n) is 4.16. The molecule has 1 atom stereocenters. The predicted octanol–water partition coefficient (Wildman–Crippen LogP) is 2.40. The molecule has 0 aliphatic carbocycles. The van der Waals surface area contributed by atoms with Gasteiger partial charge in [-0.3, -0.25) is 0 Å². The predicted molar refractivity (Wildman–Crippen MR) is 75.9 cm³/mol. The molecule has 2 heterocycles. The Balaban J connectivity index is 2.13. The van der Waals surface area contributed by atoms with E-state index < -0.39 is 6.04 Å². The molecule has 1 aliphatic rings. The summed E-state index contributed by atoms with van der Waals surface area (Å²) < 4.78 is 1.38. The molecule has 0 saturated heterocycles. The van der Waals surface area contributed by atoms with Crippen molar-refractivity contribution in [1.82, 2.24) is 14.8 Å². The molecule has 3 rings (SSSR count). The van der Waals surface area contributed by atoms with Gasteiger partial charge in [-0.2, -0.15) is 20.0 Å². The first-order chi connectivity index (χ1) is 9.61. The van der Waals surface area contributed by atoms with Crippen molar-refractivity contribution in [3.8, 4) is 6.07 Å². The van der Waals surface area contributed by atoms with E-state index in [1.54, 1.807) is 18.2 Å². The Labute approximate surface area is 124 Å². The monoisotopic (exact) mass is 306 g/mol. The van der Waals surface area contributed by atoms with Gasteiger partial charge in [0.05, 0.1) is 21.7 Å². The minimum atomic E-state index is -0.438. The zero-order chi connectivity index (χ0) is 14.3. The lowest BCUT2D eigenvalue weighted by atomic mass is 9.98. The summed E-state index contributed by atoms with van der Waals surface area (Å²) in [6, 6.07) is 6.80. The molecule has 0 fully saturated rings. The number of rotatable bonds is 1.